The van der Waals surface area contributed by atoms with Crippen LogP contribution in [-0.4, -0.2) is 22.9 Å². The second-order valence-electron chi connectivity index (χ2n) is 3.42. The normalized spacial score (nSPS) is 9.94. The van der Waals surface area contributed by atoms with E-state index in [9.17, 15) is 4.79 Å². The lowest BCUT2D eigenvalue weighted by Crippen LogP contribution is -2.19. The molecule has 0 aliphatic rings. The molecule has 2 rings (SSSR count). The number of carbonyl (C=O) groups excluding carboxylic acids is 1. The van der Waals surface area contributed by atoms with Gasteiger partial charge >= 0.3 is 0 Å². The Morgan fingerprint density at radius 3 is 2.59 bits per heavy atom. The average molecular weight is 228 g/mol. The second-order valence-corrected chi connectivity index (χ2v) is 3.42. The molecule has 3 N–H and O–H groups in total. The summed E-state index contributed by atoms with van der Waals surface area (Å²) in [5.41, 5.74) is 7.43. The third kappa shape index (κ3) is 2.08. The van der Waals surface area contributed by atoms with Crippen molar-refractivity contribution in [2.45, 2.75) is 0 Å². The second kappa shape index (κ2) is 4.61. The van der Waals surface area contributed by atoms with Gasteiger partial charge in [-0.25, -0.2) is 9.97 Å². The van der Waals surface area contributed by atoms with Gasteiger partial charge in [-0.15, -0.1) is 0 Å². The highest BCUT2D eigenvalue weighted by molar-refractivity contribution is 6.01. The van der Waals surface area contributed by atoms with Gasteiger partial charge in [-0.3, -0.25) is 4.79 Å². The Hall–Kier alpha value is -2.43. The molecular formula is C12H12N4O. The summed E-state index contributed by atoms with van der Waals surface area (Å²) in [5, 5.41) is 2.54. The minimum atomic E-state index is -0.222. The first-order valence-electron chi connectivity index (χ1n) is 5.12. The van der Waals surface area contributed by atoms with Gasteiger partial charge in [0.2, 0.25) is 0 Å². The van der Waals surface area contributed by atoms with Gasteiger partial charge in [0.25, 0.3) is 5.91 Å². The Labute approximate surface area is 98.7 Å². The number of amides is 1. The smallest absolute Gasteiger partial charge is 0.253 e. The van der Waals surface area contributed by atoms with Crippen LogP contribution in [0.1, 0.15) is 10.4 Å². The molecule has 86 valence electrons. The first-order chi connectivity index (χ1) is 8.24. The van der Waals surface area contributed by atoms with Crippen molar-refractivity contribution in [1.29, 1.82) is 0 Å². The standard InChI is InChI=1S/C12H12N4O/c1-14-12(17)9-5-2-4-8(10(9)13)11-15-6-3-7-16-11/h2-7H,13H2,1H3,(H,14,17). The van der Waals surface area contributed by atoms with E-state index in [4.69, 9.17) is 5.73 Å². The maximum absolute atomic E-state index is 11.6. The van der Waals surface area contributed by atoms with Gasteiger partial charge in [-0.2, -0.15) is 0 Å². The van der Waals surface area contributed by atoms with Crippen LogP contribution in [0.2, 0.25) is 0 Å². The summed E-state index contributed by atoms with van der Waals surface area (Å²) < 4.78 is 0. The molecule has 0 saturated carbocycles. The number of nitrogens with two attached hydrogens (primary N) is 1. The first kappa shape index (κ1) is 11.1. The highest BCUT2D eigenvalue weighted by Crippen LogP contribution is 2.25. The van der Waals surface area contributed by atoms with Crippen molar-refractivity contribution in [2.75, 3.05) is 12.8 Å². The molecule has 0 aliphatic carbocycles. The first-order valence-corrected chi connectivity index (χ1v) is 5.12. The van der Waals surface area contributed by atoms with Crippen LogP contribution in [0.5, 0.6) is 0 Å². The summed E-state index contributed by atoms with van der Waals surface area (Å²) in [6, 6.07) is 6.94. The lowest BCUT2D eigenvalue weighted by atomic mass is 10.1. The number of nitrogens with one attached hydrogen (secondary N) is 1. The van der Waals surface area contributed by atoms with Crippen molar-refractivity contribution < 1.29 is 4.79 Å². The zero-order valence-electron chi connectivity index (χ0n) is 9.34. The largest absolute Gasteiger partial charge is 0.397 e. The van der Waals surface area contributed by atoms with Crippen molar-refractivity contribution in [3.8, 4) is 11.4 Å². The number of rotatable bonds is 2. The van der Waals surface area contributed by atoms with E-state index in [1.807, 2.05) is 0 Å². The van der Waals surface area contributed by atoms with Crippen LogP contribution in [0.15, 0.2) is 36.7 Å². The zero-order chi connectivity index (χ0) is 12.3. The number of para-hydroxylation sites is 1. The van der Waals surface area contributed by atoms with Gasteiger partial charge in [-0.05, 0) is 18.2 Å². The van der Waals surface area contributed by atoms with E-state index < -0.39 is 0 Å². The predicted molar refractivity (Wildman–Crippen MR) is 65.3 cm³/mol. The van der Waals surface area contributed by atoms with Crippen molar-refractivity contribution in [2.24, 2.45) is 0 Å². The van der Waals surface area contributed by atoms with E-state index in [1.54, 1.807) is 43.7 Å². The average Bonchev–Trinajstić information content (AvgIpc) is 2.39. The predicted octanol–water partition coefficient (Wildman–Crippen LogP) is 1.09. The Kier molecular flexibility index (Phi) is 3.00. The zero-order valence-corrected chi connectivity index (χ0v) is 9.34. The van der Waals surface area contributed by atoms with E-state index in [-0.39, 0.29) is 5.91 Å². The van der Waals surface area contributed by atoms with E-state index in [1.165, 1.54) is 0 Å². The number of hydrogen-bond donors (Lipinski definition) is 2. The van der Waals surface area contributed by atoms with E-state index in [2.05, 4.69) is 15.3 Å². The summed E-state index contributed by atoms with van der Waals surface area (Å²) in [5.74, 6) is 0.288. The maximum atomic E-state index is 11.6. The highest BCUT2D eigenvalue weighted by atomic mass is 16.1. The number of benzene rings is 1. The number of nitrogens with zero attached hydrogens (tertiary/aromatic N) is 2. The molecular weight excluding hydrogens is 216 g/mol. The van der Waals surface area contributed by atoms with Crippen LogP contribution in [0.3, 0.4) is 0 Å². The maximum Gasteiger partial charge on any atom is 0.253 e. The fraction of sp³-hybridized carbons (Fsp3) is 0.0833. The van der Waals surface area contributed by atoms with Gasteiger partial charge in [0.05, 0.1) is 11.3 Å². The van der Waals surface area contributed by atoms with Gasteiger partial charge < -0.3 is 11.1 Å². The molecule has 0 saturated heterocycles. The molecule has 0 radical (unpaired) electrons. The molecule has 0 bridgehead atoms. The Balaban J connectivity index is 2.54. The van der Waals surface area contributed by atoms with Crippen molar-refractivity contribution >= 4 is 11.6 Å². The third-order valence-electron chi connectivity index (χ3n) is 2.38. The fourth-order valence-electron chi connectivity index (χ4n) is 1.53. The molecule has 1 amide bonds. The van der Waals surface area contributed by atoms with E-state index >= 15 is 0 Å². The molecule has 1 heterocycles. The topological polar surface area (TPSA) is 80.9 Å². The molecule has 5 heteroatoms. The van der Waals surface area contributed by atoms with Crippen LogP contribution in [0.4, 0.5) is 5.69 Å². The highest BCUT2D eigenvalue weighted by Gasteiger charge is 2.13. The molecule has 0 aliphatic heterocycles. The number of anilines is 1. The molecule has 2 aromatic rings. The third-order valence-corrected chi connectivity index (χ3v) is 2.38. The van der Waals surface area contributed by atoms with Crippen molar-refractivity contribution in [3.05, 3.63) is 42.2 Å². The van der Waals surface area contributed by atoms with E-state index in [0.717, 1.165) is 0 Å². The minimum Gasteiger partial charge on any atom is -0.397 e. The van der Waals surface area contributed by atoms with Gasteiger partial charge in [0, 0.05) is 25.0 Å². The molecule has 0 unspecified atom stereocenters. The van der Waals surface area contributed by atoms with Crippen LogP contribution in [0, 0.1) is 0 Å². The molecule has 0 spiro atoms. The van der Waals surface area contributed by atoms with Crippen molar-refractivity contribution in [1.82, 2.24) is 15.3 Å². The van der Waals surface area contributed by atoms with Crippen LogP contribution >= 0.6 is 0 Å². The van der Waals surface area contributed by atoms with Crippen LogP contribution in [-0.2, 0) is 0 Å². The molecule has 1 aromatic heterocycles. The molecule has 0 atom stereocenters. The van der Waals surface area contributed by atoms with Gasteiger partial charge in [0.15, 0.2) is 5.82 Å². The number of aromatic nitrogens is 2. The summed E-state index contributed by atoms with van der Waals surface area (Å²) in [7, 11) is 1.56. The SMILES string of the molecule is CNC(=O)c1cccc(-c2ncccn2)c1N. The summed E-state index contributed by atoms with van der Waals surface area (Å²) in [6.07, 6.45) is 3.27. The summed E-state index contributed by atoms with van der Waals surface area (Å²) in [4.78, 5) is 19.8. The number of hydrogen-bond acceptors (Lipinski definition) is 4. The molecule has 1 aromatic carbocycles. The van der Waals surface area contributed by atoms with Gasteiger partial charge in [0.1, 0.15) is 0 Å². The monoisotopic (exact) mass is 228 g/mol. The van der Waals surface area contributed by atoms with E-state index in [0.29, 0.717) is 22.6 Å². The summed E-state index contributed by atoms with van der Waals surface area (Å²) in [6.45, 7) is 0. The quantitative estimate of drug-likeness (QED) is 0.754. The fourth-order valence-corrected chi connectivity index (χ4v) is 1.53. The van der Waals surface area contributed by atoms with Crippen LogP contribution in [0.25, 0.3) is 11.4 Å². The number of carbonyl (C=O) groups is 1. The number of nitrogen functional groups attached to an aromatic ring is 1. The Bertz CT molecular complexity index is 539. The molecule has 5 nitrogen and oxygen atoms in total. The Morgan fingerprint density at radius 1 is 1.24 bits per heavy atom. The minimum absolute atomic E-state index is 0.222. The van der Waals surface area contributed by atoms with Crippen LogP contribution < -0.4 is 11.1 Å². The summed E-state index contributed by atoms with van der Waals surface area (Å²) >= 11 is 0. The Morgan fingerprint density at radius 2 is 1.94 bits per heavy atom. The molecule has 0 fully saturated rings. The van der Waals surface area contributed by atoms with Crippen molar-refractivity contribution in [3.63, 3.8) is 0 Å². The lowest BCUT2D eigenvalue weighted by Gasteiger charge is -2.08. The van der Waals surface area contributed by atoms with Gasteiger partial charge in [-0.1, -0.05) is 6.07 Å². The lowest BCUT2D eigenvalue weighted by molar-refractivity contribution is 0.0964. The molecule has 17 heavy (non-hydrogen) atoms.